The molecule has 0 saturated carbocycles. The van der Waals surface area contributed by atoms with E-state index < -0.39 is 0 Å². The summed E-state index contributed by atoms with van der Waals surface area (Å²) in [7, 11) is 0. The Morgan fingerprint density at radius 3 is 2.64 bits per heavy atom. The van der Waals surface area contributed by atoms with E-state index in [-0.39, 0.29) is 0 Å². The Hall–Kier alpha value is -3.23. The molecule has 5 heteroatoms. The van der Waals surface area contributed by atoms with Crippen molar-refractivity contribution < 1.29 is 4.74 Å². The molecule has 25 heavy (non-hydrogen) atoms. The number of hydrogen-bond acceptors (Lipinski definition) is 5. The fraction of sp³-hybridized carbons (Fsp3) is 0.0500. The van der Waals surface area contributed by atoms with Crippen molar-refractivity contribution in [1.29, 1.82) is 5.26 Å². The first-order valence-electron chi connectivity index (χ1n) is 7.72. The number of ether oxygens (including phenoxy) is 1. The minimum Gasteiger partial charge on any atom is -0.437 e. The third-order valence-corrected chi connectivity index (χ3v) is 4.80. The van der Waals surface area contributed by atoms with Gasteiger partial charge in [-0.3, -0.25) is 0 Å². The van der Waals surface area contributed by atoms with Gasteiger partial charge in [0.15, 0.2) is 0 Å². The molecule has 0 saturated heterocycles. The fourth-order valence-electron chi connectivity index (χ4n) is 2.62. The van der Waals surface area contributed by atoms with Gasteiger partial charge in [0.25, 0.3) is 0 Å². The van der Waals surface area contributed by atoms with Crippen molar-refractivity contribution >= 4 is 21.6 Å². The zero-order valence-electron chi connectivity index (χ0n) is 13.4. The molecule has 120 valence electrons. The number of aromatic nitrogens is 2. The third kappa shape index (κ3) is 2.84. The number of hydrogen-bond donors (Lipinski definition) is 0. The number of fused-ring (bicyclic) bond motifs is 1. The standard InChI is InChI=1S/C20H13N3OS/c1-13-6-8-14(9-7-13)16-11-25-20-18(16)19(22-12-23-20)24-17-5-3-2-4-15(17)10-21/h2-9,11-12H,1H3. The van der Waals surface area contributed by atoms with Gasteiger partial charge in [0.2, 0.25) is 5.88 Å². The van der Waals surface area contributed by atoms with Crippen LogP contribution in [-0.2, 0) is 0 Å². The van der Waals surface area contributed by atoms with Crippen LogP contribution in [0.1, 0.15) is 11.1 Å². The monoisotopic (exact) mass is 343 g/mol. The summed E-state index contributed by atoms with van der Waals surface area (Å²) in [5.74, 6) is 0.954. The maximum Gasteiger partial charge on any atom is 0.231 e. The van der Waals surface area contributed by atoms with Gasteiger partial charge >= 0.3 is 0 Å². The molecule has 0 amide bonds. The van der Waals surface area contributed by atoms with E-state index in [1.165, 1.54) is 11.9 Å². The molecule has 0 radical (unpaired) electrons. The maximum atomic E-state index is 9.27. The summed E-state index contributed by atoms with van der Waals surface area (Å²) in [6.45, 7) is 2.06. The van der Waals surface area contributed by atoms with E-state index in [0.717, 1.165) is 21.3 Å². The molecule has 0 unspecified atom stereocenters. The van der Waals surface area contributed by atoms with Crippen LogP contribution in [0.15, 0.2) is 60.2 Å². The Morgan fingerprint density at radius 2 is 1.84 bits per heavy atom. The van der Waals surface area contributed by atoms with Crippen molar-refractivity contribution in [2.45, 2.75) is 6.92 Å². The molecule has 2 aromatic carbocycles. The lowest BCUT2D eigenvalue weighted by atomic mass is 10.0. The largest absolute Gasteiger partial charge is 0.437 e. The molecule has 0 atom stereocenters. The summed E-state index contributed by atoms with van der Waals surface area (Å²) < 4.78 is 5.99. The summed E-state index contributed by atoms with van der Waals surface area (Å²) in [6.07, 6.45) is 1.49. The fourth-order valence-corrected chi connectivity index (χ4v) is 3.53. The van der Waals surface area contributed by atoms with E-state index in [1.54, 1.807) is 23.5 Å². The SMILES string of the molecule is Cc1ccc(-c2csc3ncnc(Oc4ccccc4C#N)c23)cc1. The van der Waals surface area contributed by atoms with Crippen molar-refractivity contribution in [2.75, 3.05) is 0 Å². The zero-order chi connectivity index (χ0) is 17.2. The van der Waals surface area contributed by atoms with Crippen molar-refractivity contribution in [1.82, 2.24) is 9.97 Å². The van der Waals surface area contributed by atoms with Crippen LogP contribution in [0.4, 0.5) is 0 Å². The summed E-state index contributed by atoms with van der Waals surface area (Å²) >= 11 is 1.55. The number of nitrogens with zero attached hydrogens (tertiary/aromatic N) is 3. The van der Waals surface area contributed by atoms with E-state index in [4.69, 9.17) is 4.74 Å². The number of aryl methyl sites for hydroxylation is 1. The van der Waals surface area contributed by atoms with E-state index in [1.807, 2.05) is 12.1 Å². The van der Waals surface area contributed by atoms with Gasteiger partial charge in [0, 0.05) is 10.9 Å². The molecule has 2 aromatic heterocycles. The zero-order valence-corrected chi connectivity index (χ0v) is 14.2. The molecule has 2 heterocycles. The highest BCUT2D eigenvalue weighted by atomic mass is 32.1. The van der Waals surface area contributed by atoms with Crippen molar-refractivity contribution in [2.24, 2.45) is 0 Å². The van der Waals surface area contributed by atoms with Gasteiger partial charge in [-0.25, -0.2) is 9.97 Å². The van der Waals surface area contributed by atoms with Crippen LogP contribution in [0.3, 0.4) is 0 Å². The van der Waals surface area contributed by atoms with Crippen LogP contribution < -0.4 is 4.74 Å². The van der Waals surface area contributed by atoms with Crippen LogP contribution in [0.2, 0.25) is 0 Å². The van der Waals surface area contributed by atoms with Crippen molar-refractivity contribution in [3.05, 3.63) is 71.4 Å². The first-order valence-corrected chi connectivity index (χ1v) is 8.60. The molecule has 0 aliphatic rings. The van der Waals surface area contributed by atoms with E-state index >= 15 is 0 Å². The lowest BCUT2D eigenvalue weighted by Crippen LogP contribution is -1.92. The number of para-hydroxylation sites is 1. The molecule has 0 N–H and O–H groups in total. The highest BCUT2D eigenvalue weighted by Gasteiger charge is 2.15. The molecule has 0 aliphatic carbocycles. The Bertz CT molecular complexity index is 1090. The number of benzene rings is 2. The molecule has 4 aromatic rings. The maximum absolute atomic E-state index is 9.27. The molecule has 4 nitrogen and oxygen atoms in total. The summed E-state index contributed by atoms with van der Waals surface area (Å²) in [5, 5.41) is 12.2. The first-order chi connectivity index (χ1) is 12.3. The molecule has 0 aliphatic heterocycles. The van der Waals surface area contributed by atoms with Crippen LogP contribution in [0.5, 0.6) is 11.6 Å². The van der Waals surface area contributed by atoms with Crippen LogP contribution in [0.25, 0.3) is 21.3 Å². The third-order valence-electron chi connectivity index (χ3n) is 3.91. The first kappa shape index (κ1) is 15.3. The van der Waals surface area contributed by atoms with Crippen LogP contribution in [-0.4, -0.2) is 9.97 Å². The van der Waals surface area contributed by atoms with E-state index in [9.17, 15) is 5.26 Å². The highest BCUT2D eigenvalue weighted by molar-refractivity contribution is 7.17. The van der Waals surface area contributed by atoms with Gasteiger partial charge in [0.1, 0.15) is 23.0 Å². The lowest BCUT2D eigenvalue weighted by molar-refractivity contribution is 0.467. The molecular weight excluding hydrogens is 330 g/mol. The highest BCUT2D eigenvalue weighted by Crippen LogP contribution is 2.39. The molecule has 0 spiro atoms. The van der Waals surface area contributed by atoms with Gasteiger partial charge in [-0.05, 0) is 24.6 Å². The van der Waals surface area contributed by atoms with Crippen molar-refractivity contribution in [3.8, 4) is 28.8 Å². The number of thiophene rings is 1. The van der Waals surface area contributed by atoms with Crippen LogP contribution in [0, 0.1) is 18.3 Å². The van der Waals surface area contributed by atoms with Gasteiger partial charge in [0.05, 0.1) is 10.9 Å². The smallest absolute Gasteiger partial charge is 0.231 e. The average molecular weight is 343 g/mol. The second-order valence-corrected chi connectivity index (χ2v) is 6.44. The van der Waals surface area contributed by atoms with Crippen molar-refractivity contribution in [3.63, 3.8) is 0 Å². The average Bonchev–Trinajstić information content (AvgIpc) is 3.08. The van der Waals surface area contributed by atoms with Gasteiger partial charge in [-0.15, -0.1) is 11.3 Å². The Labute approximate surface area is 149 Å². The van der Waals surface area contributed by atoms with Crippen LogP contribution >= 0.6 is 11.3 Å². The van der Waals surface area contributed by atoms with Gasteiger partial charge < -0.3 is 4.74 Å². The quantitative estimate of drug-likeness (QED) is 0.504. The summed E-state index contributed by atoms with van der Waals surface area (Å²) in [5.41, 5.74) is 3.80. The molecule has 0 bridgehead atoms. The second-order valence-electron chi connectivity index (χ2n) is 5.58. The second kappa shape index (κ2) is 6.34. The Balaban J connectivity index is 1.86. The molecular formula is C20H13N3OS. The van der Waals surface area contributed by atoms with Gasteiger partial charge in [-0.2, -0.15) is 5.26 Å². The number of nitriles is 1. The van der Waals surface area contributed by atoms with E-state index in [2.05, 4.69) is 52.6 Å². The normalized spacial score (nSPS) is 10.6. The minimum atomic E-state index is 0.463. The Morgan fingerprint density at radius 1 is 1.04 bits per heavy atom. The lowest BCUT2D eigenvalue weighted by Gasteiger charge is -2.08. The predicted molar refractivity (Wildman–Crippen MR) is 98.8 cm³/mol. The van der Waals surface area contributed by atoms with E-state index in [0.29, 0.717) is 17.2 Å². The number of rotatable bonds is 3. The minimum absolute atomic E-state index is 0.463. The Kier molecular flexibility index (Phi) is 3.88. The predicted octanol–water partition coefficient (Wildman–Crippen LogP) is 5.33. The summed E-state index contributed by atoms with van der Waals surface area (Å²) in [6, 6.07) is 17.6. The summed E-state index contributed by atoms with van der Waals surface area (Å²) in [4.78, 5) is 9.53. The molecule has 4 rings (SSSR count). The molecule has 0 fully saturated rings. The van der Waals surface area contributed by atoms with Gasteiger partial charge in [-0.1, -0.05) is 42.0 Å². The topological polar surface area (TPSA) is 58.8 Å².